The van der Waals surface area contributed by atoms with Crippen LogP contribution in [-0.2, 0) is 17.6 Å². The fraction of sp³-hybridized carbons (Fsp3) is 0.485. The van der Waals surface area contributed by atoms with E-state index < -0.39 is 23.1 Å². The van der Waals surface area contributed by atoms with Crippen LogP contribution >= 0.6 is 0 Å². The molecule has 43 heavy (non-hydrogen) atoms. The molecule has 1 fully saturated rings. The molecule has 2 aromatic heterocycles. The van der Waals surface area contributed by atoms with Crippen molar-refractivity contribution in [1.29, 1.82) is 0 Å². The lowest BCUT2D eigenvalue weighted by Crippen LogP contribution is -2.38. The standard InChI is InChI=1S/C28H32F3N3O.C4H10O.CH2O2/c1-5-23-18(2)32-17-24(26(23)34-9-7-28(3,4)8-10-34)20-14-25(31)27(33-16-20)35-11-6-19-12-21(29)15-22(30)13-19;1-4(2,3)5;2-1-3/h12-17H,5-11H2,1-4H3;5H,1-3H3;1H,(H,2,3). The topological polar surface area (TPSA) is 95.8 Å². The van der Waals surface area contributed by atoms with Gasteiger partial charge in [-0.3, -0.25) is 9.78 Å². The van der Waals surface area contributed by atoms with Crippen molar-refractivity contribution in [3.63, 3.8) is 0 Å². The molecule has 0 spiro atoms. The van der Waals surface area contributed by atoms with Crippen LogP contribution in [0.3, 0.4) is 0 Å². The molecule has 0 aliphatic carbocycles. The number of anilines is 1. The van der Waals surface area contributed by atoms with Gasteiger partial charge in [0.25, 0.3) is 6.47 Å². The lowest BCUT2D eigenvalue weighted by molar-refractivity contribution is -0.122. The van der Waals surface area contributed by atoms with Crippen LogP contribution in [-0.4, -0.2) is 52.0 Å². The minimum absolute atomic E-state index is 0.0487. The van der Waals surface area contributed by atoms with Gasteiger partial charge in [0.05, 0.1) is 17.9 Å². The van der Waals surface area contributed by atoms with Gasteiger partial charge in [-0.05, 0) is 81.7 Å². The lowest BCUT2D eigenvalue weighted by Gasteiger charge is -2.40. The summed E-state index contributed by atoms with van der Waals surface area (Å²) >= 11 is 0. The molecule has 10 heteroatoms. The van der Waals surface area contributed by atoms with Crippen LogP contribution in [0, 0.1) is 29.8 Å². The predicted octanol–water partition coefficient (Wildman–Crippen LogP) is 7.16. The fourth-order valence-electron chi connectivity index (χ4n) is 4.67. The maximum Gasteiger partial charge on any atom is 0.290 e. The van der Waals surface area contributed by atoms with Crippen molar-refractivity contribution in [1.82, 2.24) is 9.97 Å². The number of carboxylic acid groups (broad SMARTS) is 1. The van der Waals surface area contributed by atoms with Crippen LogP contribution in [0.1, 0.15) is 71.2 Å². The third kappa shape index (κ3) is 11.5. The number of aliphatic hydroxyl groups is 1. The molecule has 0 bridgehead atoms. The summed E-state index contributed by atoms with van der Waals surface area (Å²) in [5.41, 5.74) is 5.02. The summed E-state index contributed by atoms with van der Waals surface area (Å²) in [6, 6.07) is 4.71. The maximum atomic E-state index is 15.0. The number of aryl methyl sites for hydroxylation is 1. The van der Waals surface area contributed by atoms with Crippen molar-refractivity contribution in [2.75, 3.05) is 24.6 Å². The average molecular weight is 604 g/mol. The van der Waals surface area contributed by atoms with Crippen molar-refractivity contribution in [2.24, 2.45) is 5.41 Å². The van der Waals surface area contributed by atoms with Crippen molar-refractivity contribution < 1.29 is 32.9 Å². The molecular weight excluding hydrogens is 559 g/mol. The number of halogens is 3. The number of hydrogen-bond acceptors (Lipinski definition) is 6. The second-order valence-electron chi connectivity index (χ2n) is 12.3. The van der Waals surface area contributed by atoms with Gasteiger partial charge in [-0.1, -0.05) is 20.8 Å². The molecule has 236 valence electrons. The van der Waals surface area contributed by atoms with E-state index >= 15 is 0 Å². The third-order valence-electron chi connectivity index (χ3n) is 6.82. The molecule has 1 aliphatic rings. The zero-order chi connectivity index (χ0) is 32.4. The summed E-state index contributed by atoms with van der Waals surface area (Å²) in [5.74, 6) is -2.03. The molecule has 7 nitrogen and oxygen atoms in total. The highest BCUT2D eigenvalue weighted by atomic mass is 19.1. The monoisotopic (exact) mass is 603 g/mol. The van der Waals surface area contributed by atoms with E-state index in [4.69, 9.17) is 19.7 Å². The van der Waals surface area contributed by atoms with Crippen molar-refractivity contribution in [3.05, 3.63) is 70.9 Å². The van der Waals surface area contributed by atoms with Gasteiger partial charge < -0.3 is 19.8 Å². The zero-order valence-corrected chi connectivity index (χ0v) is 26.2. The summed E-state index contributed by atoms with van der Waals surface area (Å²) < 4.78 is 47.2. The van der Waals surface area contributed by atoms with Gasteiger partial charge in [-0.2, -0.15) is 0 Å². The highest BCUT2D eigenvalue weighted by Gasteiger charge is 2.28. The first-order valence-corrected chi connectivity index (χ1v) is 14.4. The Hall–Kier alpha value is -3.66. The first-order valence-electron chi connectivity index (χ1n) is 14.4. The van der Waals surface area contributed by atoms with E-state index in [0.717, 1.165) is 55.4 Å². The Morgan fingerprint density at radius 2 is 1.58 bits per heavy atom. The summed E-state index contributed by atoms with van der Waals surface area (Å²) in [4.78, 5) is 19.6. The molecule has 3 heterocycles. The molecule has 3 aromatic rings. The number of pyridine rings is 2. The Kier molecular flexibility index (Phi) is 13.0. The molecule has 0 saturated carbocycles. The van der Waals surface area contributed by atoms with Gasteiger partial charge in [0.15, 0.2) is 5.82 Å². The number of rotatable bonds is 7. The number of ether oxygens (including phenoxy) is 1. The zero-order valence-electron chi connectivity index (χ0n) is 26.2. The third-order valence-corrected chi connectivity index (χ3v) is 6.82. The van der Waals surface area contributed by atoms with Crippen LogP contribution in [0.4, 0.5) is 18.9 Å². The quantitative estimate of drug-likeness (QED) is 0.277. The number of hydrogen-bond donors (Lipinski definition) is 2. The average Bonchev–Trinajstić information content (AvgIpc) is 2.88. The highest BCUT2D eigenvalue weighted by Crippen LogP contribution is 2.40. The molecule has 0 radical (unpaired) electrons. The van der Waals surface area contributed by atoms with Gasteiger partial charge in [-0.25, -0.2) is 18.2 Å². The highest BCUT2D eigenvalue weighted by molar-refractivity contribution is 5.81. The van der Waals surface area contributed by atoms with Crippen molar-refractivity contribution >= 4 is 12.2 Å². The van der Waals surface area contributed by atoms with E-state index in [-0.39, 0.29) is 25.4 Å². The van der Waals surface area contributed by atoms with Crippen LogP contribution in [0.15, 0.2) is 36.7 Å². The fourth-order valence-corrected chi connectivity index (χ4v) is 4.67. The van der Waals surface area contributed by atoms with Gasteiger partial charge in [-0.15, -0.1) is 0 Å². The Balaban J connectivity index is 0.000000719. The number of benzene rings is 1. The van der Waals surface area contributed by atoms with E-state index in [1.807, 2.05) is 6.92 Å². The normalized spacial score (nSPS) is 14.2. The largest absolute Gasteiger partial charge is 0.483 e. The Morgan fingerprint density at radius 1 is 1.02 bits per heavy atom. The molecule has 1 aromatic carbocycles. The summed E-state index contributed by atoms with van der Waals surface area (Å²) in [7, 11) is 0. The van der Waals surface area contributed by atoms with Crippen LogP contribution in [0.25, 0.3) is 11.1 Å². The van der Waals surface area contributed by atoms with Gasteiger partial charge >= 0.3 is 0 Å². The molecular formula is C33H44F3N3O4. The molecule has 1 aliphatic heterocycles. The summed E-state index contributed by atoms with van der Waals surface area (Å²) in [6.07, 6.45) is 6.65. The van der Waals surface area contributed by atoms with Crippen LogP contribution in [0.5, 0.6) is 5.88 Å². The maximum absolute atomic E-state index is 15.0. The molecule has 0 atom stereocenters. The van der Waals surface area contributed by atoms with E-state index in [2.05, 4.69) is 35.6 Å². The first kappa shape index (κ1) is 35.5. The van der Waals surface area contributed by atoms with Crippen molar-refractivity contribution in [3.8, 4) is 17.0 Å². The van der Waals surface area contributed by atoms with E-state index in [9.17, 15) is 13.2 Å². The SMILES string of the molecule is CC(C)(C)O.CCc1c(C)ncc(-c2cnc(OCCc3cc(F)cc(F)c3)c(F)c2)c1N1CCC(C)(C)CC1.O=CO. The van der Waals surface area contributed by atoms with Crippen LogP contribution < -0.4 is 9.64 Å². The van der Waals surface area contributed by atoms with E-state index in [1.165, 1.54) is 23.8 Å². The second kappa shape index (κ2) is 15.7. The van der Waals surface area contributed by atoms with E-state index in [0.29, 0.717) is 16.5 Å². The minimum atomic E-state index is -0.653. The van der Waals surface area contributed by atoms with E-state index in [1.54, 1.807) is 33.2 Å². The molecule has 1 saturated heterocycles. The minimum Gasteiger partial charge on any atom is -0.483 e. The smallest absolute Gasteiger partial charge is 0.290 e. The van der Waals surface area contributed by atoms with Gasteiger partial charge in [0.1, 0.15) is 11.6 Å². The number of carbonyl (C=O) groups is 1. The number of piperidine rings is 1. The second-order valence-corrected chi connectivity index (χ2v) is 12.3. The Morgan fingerprint density at radius 3 is 2.09 bits per heavy atom. The first-order chi connectivity index (χ1) is 20.1. The lowest BCUT2D eigenvalue weighted by atomic mass is 9.82. The number of nitrogens with zero attached hydrogens (tertiary/aromatic N) is 3. The molecule has 0 amide bonds. The van der Waals surface area contributed by atoms with Crippen LogP contribution in [0.2, 0.25) is 0 Å². The Bertz CT molecular complexity index is 1320. The predicted molar refractivity (Wildman–Crippen MR) is 163 cm³/mol. The van der Waals surface area contributed by atoms with Gasteiger partial charge in [0.2, 0.25) is 5.88 Å². The van der Waals surface area contributed by atoms with Crippen molar-refractivity contribution in [2.45, 2.75) is 79.8 Å². The molecule has 4 rings (SSSR count). The van der Waals surface area contributed by atoms with Gasteiger partial charge in [0, 0.05) is 54.8 Å². The summed E-state index contributed by atoms with van der Waals surface area (Å²) in [6.45, 7) is 15.6. The summed E-state index contributed by atoms with van der Waals surface area (Å²) in [5, 5.41) is 15.4. The molecule has 2 N–H and O–H groups in total. The Labute approximate surface area is 252 Å². The number of aromatic nitrogens is 2. The molecule has 0 unspecified atom stereocenters.